The van der Waals surface area contributed by atoms with Crippen molar-refractivity contribution in [3.8, 4) is 0 Å². The molecule has 0 aromatic rings. The van der Waals surface area contributed by atoms with Crippen LogP contribution in [0.2, 0.25) is 0 Å². The van der Waals surface area contributed by atoms with Gasteiger partial charge < -0.3 is 9.64 Å². The van der Waals surface area contributed by atoms with Crippen LogP contribution in [0.5, 0.6) is 0 Å². The largest absolute Gasteiger partial charge is 0.523 e. The zero-order chi connectivity index (χ0) is 17.3. The number of amides is 1. The molecule has 6 nitrogen and oxygen atoms in total. The van der Waals surface area contributed by atoms with Gasteiger partial charge in [0.1, 0.15) is 17.9 Å². The Hall–Kier alpha value is -1.10. The first-order chi connectivity index (χ1) is 9.73. The molecule has 0 aromatic carbocycles. The molecule has 22 heavy (non-hydrogen) atoms. The van der Waals surface area contributed by atoms with Gasteiger partial charge in [0.05, 0.1) is 6.54 Å². The third-order valence-corrected chi connectivity index (χ3v) is 3.73. The van der Waals surface area contributed by atoms with Crippen molar-refractivity contribution >= 4 is 16.2 Å². The van der Waals surface area contributed by atoms with Crippen molar-refractivity contribution in [2.24, 2.45) is 0 Å². The number of hydrogen-bond acceptors (Lipinski definition) is 5. The van der Waals surface area contributed by atoms with Crippen molar-refractivity contribution in [1.82, 2.24) is 4.90 Å². The fourth-order valence-corrected chi connectivity index (χ4v) is 2.35. The quantitative estimate of drug-likeness (QED) is 0.433. The summed E-state index contributed by atoms with van der Waals surface area (Å²) < 4.78 is 80.9. The second kappa shape index (κ2) is 6.19. The molecule has 1 aliphatic heterocycles. The lowest BCUT2D eigenvalue weighted by atomic mass is 10.1. The molecule has 0 aromatic heterocycles. The number of hydrogen-bond donors (Lipinski definition) is 0. The van der Waals surface area contributed by atoms with Crippen molar-refractivity contribution in [2.75, 3.05) is 13.1 Å². The van der Waals surface area contributed by atoms with Gasteiger partial charge in [-0.1, -0.05) is 0 Å². The molecule has 0 spiro atoms. The first-order valence-corrected chi connectivity index (χ1v) is 7.75. The average Bonchev–Trinajstić information content (AvgIpc) is 2.27. The Bertz CT molecular complexity index is 514. The minimum absolute atomic E-state index is 0.173. The SMILES string of the molecule is CC(C)(C)OC(=O)N1CC[C@@H](OS(=O)(=O)C(F)(F)F)[C@@H](F)C1. The van der Waals surface area contributed by atoms with E-state index in [4.69, 9.17) is 4.74 Å². The van der Waals surface area contributed by atoms with Gasteiger partial charge in [0.2, 0.25) is 0 Å². The molecule has 0 bridgehead atoms. The summed E-state index contributed by atoms with van der Waals surface area (Å²) in [6.07, 6.45) is -5.08. The first kappa shape index (κ1) is 18.9. The average molecular weight is 351 g/mol. The van der Waals surface area contributed by atoms with E-state index < -0.39 is 52.6 Å². The molecule has 130 valence electrons. The van der Waals surface area contributed by atoms with Crippen molar-refractivity contribution in [3.63, 3.8) is 0 Å². The van der Waals surface area contributed by atoms with Crippen LogP contribution < -0.4 is 0 Å². The van der Waals surface area contributed by atoms with Crippen molar-refractivity contribution in [3.05, 3.63) is 0 Å². The molecular weight excluding hydrogens is 334 g/mol. The van der Waals surface area contributed by atoms with E-state index in [-0.39, 0.29) is 6.54 Å². The van der Waals surface area contributed by atoms with Crippen LogP contribution in [0.25, 0.3) is 0 Å². The van der Waals surface area contributed by atoms with Gasteiger partial charge in [0.15, 0.2) is 0 Å². The van der Waals surface area contributed by atoms with Crippen LogP contribution in [-0.2, 0) is 19.0 Å². The molecule has 0 aliphatic carbocycles. The van der Waals surface area contributed by atoms with Crippen LogP contribution in [0.4, 0.5) is 22.4 Å². The summed E-state index contributed by atoms with van der Waals surface area (Å²) in [5, 5.41) is 0. The van der Waals surface area contributed by atoms with Crippen molar-refractivity contribution in [2.45, 2.75) is 50.6 Å². The van der Waals surface area contributed by atoms with Gasteiger partial charge in [-0.25, -0.2) is 9.18 Å². The van der Waals surface area contributed by atoms with Crippen molar-refractivity contribution < 1.29 is 39.7 Å². The molecule has 0 unspecified atom stereocenters. The summed E-state index contributed by atoms with van der Waals surface area (Å²) >= 11 is 0. The minimum atomic E-state index is -5.87. The summed E-state index contributed by atoms with van der Waals surface area (Å²) in [5.74, 6) is 0. The molecule has 0 N–H and O–H groups in total. The normalized spacial score (nSPS) is 24.2. The third kappa shape index (κ3) is 4.97. The molecule has 1 saturated heterocycles. The highest BCUT2D eigenvalue weighted by Crippen LogP contribution is 2.29. The monoisotopic (exact) mass is 351 g/mol. The Kier molecular flexibility index (Phi) is 5.33. The van der Waals surface area contributed by atoms with Gasteiger partial charge in [-0.2, -0.15) is 21.6 Å². The maximum atomic E-state index is 13.8. The van der Waals surface area contributed by atoms with Crippen LogP contribution in [0, 0.1) is 0 Å². The predicted molar refractivity (Wildman–Crippen MR) is 67.2 cm³/mol. The molecule has 2 atom stereocenters. The summed E-state index contributed by atoms with van der Waals surface area (Å²) in [7, 11) is -5.87. The van der Waals surface area contributed by atoms with E-state index >= 15 is 0 Å². The number of carbonyl (C=O) groups is 1. The molecule has 11 heteroatoms. The van der Waals surface area contributed by atoms with Gasteiger partial charge >= 0.3 is 21.7 Å². The van der Waals surface area contributed by atoms with E-state index in [0.29, 0.717) is 0 Å². The Morgan fingerprint density at radius 1 is 1.23 bits per heavy atom. The Balaban J connectivity index is 2.66. The summed E-state index contributed by atoms with van der Waals surface area (Å²) in [5.41, 5.74) is -6.43. The van der Waals surface area contributed by atoms with E-state index in [1.807, 2.05) is 0 Å². The number of alkyl halides is 4. The number of carbonyl (C=O) groups excluding carboxylic acids is 1. The van der Waals surface area contributed by atoms with Gasteiger partial charge in [-0.3, -0.25) is 4.18 Å². The second-order valence-corrected chi connectivity index (χ2v) is 7.33. The lowest BCUT2D eigenvalue weighted by Gasteiger charge is -2.35. The topological polar surface area (TPSA) is 72.9 Å². The molecular formula is C11H17F4NO5S. The maximum Gasteiger partial charge on any atom is 0.523 e. The molecule has 1 amide bonds. The molecule has 1 aliphatic rings. The number of halogens is 4. The molecule has 0 radical (unpaired) electrons. The van der Waals surface area contributed by atoms with E-state index in [9.17, 15) is 30.8 Å². The van der Waals surface area contributed by atoms with Gasteiger partial charge in [-0.15, -0.1) is 0 Å². The number of rotatable bonds is 2. The van der Waals surface area contributed by atoms with Crippen LogP contribution in [0.3, 0.4) is 0 Å². The number of likely N-dealkylation sites (tertiary alicyclic amines) is 1. The van der Waals surface area contributed by atoms with Crippen LogP contribution in [-0.4, -0.2) is 55.9 Å². The number of nitrogens with zero attached hydrogens (tertiary/aromatic N) is 1. The molecule has 1 fully saturated rings. The first-order valence-electron chi connectivity index (χ1n) is 6.34. The predicted octanol–water partition coefficient (Wildman–Crippen LogP) is 2.20. The summed E-state index contributed by atoms with van der Waals surface area (Å²) in [4.78, 5) is 12.7. The fourth-order valence-electron chi connectivity index (χ4n) is 1.70. The number of piperidine rings is 1. The standard InChI is InChI=1S/C11H17F4NO5S/c1-10(2,3)20-9(17)16-5-4-8(7(12)6-16)21-22(18,19)11(13,14)15/h7-8H,4-6H2,1-3H3/t7-,8+/m0/s1. The van der Waals surface area contributed by atoms with Crippen LogP contribution in [0.1, 0.15) is 27.2 Å². The second-order valence-electron chi connectivity index (χ2n) is 5.77. The van der Waals surface area contributed by atoms with E-state index in [0.717, 1.165) is 4.90 Å². The lowest BCUT2D eigenvalue weighted by Crippen LogP contribution is -2.50. The van der Waals surface area contributed by atoms with Crippen LogP contribution >= 0.6 is 0 Å². The van der Waals surface area contributed by atoms with Gasteiger partial charge in [0, 0.05) is 6.54 Å². The van der Waals surface area contributed by atoms with Crippen LogP contribution in [0.15, 0.2) is 0 Å². The highest BCUT2D eigenvalue weighted by molar-refractivity contribution is 7.87. The van der Waals surface area contributed by atoms with E-state index in [1.54, 1.807) is 20.8 Å². The third-order valence-electron chi connectivity index (χ3n) is 2.67. The zero-order valence-electron chi connectivity index (χ0n) is 12.2. The highest BCUT2D eigenvalue weighted by atomic mass is 32.2. The van der Waals surface area contributed by atoms with Gasteiger partial charge in [0.25, 0.3) is 0 Å². The van der Waals surface area contributed by atoms with Crippen molar-refractivity contribution in [1.29, 1.82) is 0 Å². The molecule has 1 heterocycles. The molecule has 0 saturated carbocycles. The Labute approximate surface area is 125 Å². The maximum absolute atomic E-state index is 13.8. The lowest BCUT2D eigenvalue weighted by molar-refractivity contribution is -0.0654. The highest BCUT2D eigenvalue weighted by Gasteiger charge is 2.50. The van der Waals surface area contributed by atoms with Gasteiger partial charge in [-0.05, 0) is 27.2 Å². The Morgan fingerprint density at radius 3 is 2.18 bits per heavy atom. The summed E-state index contributed by atoms with van der Waals surface area (Å²) in [6.45, 7) is 4.02. The number of ether oxygens (including phenoxy) is 1. The fraction of sp³-hybridized carbons (Fsp3) is 0.909. The minimum Gasteiger partial charge on any atom is -0.444 e. The van der Waals surface area contributed by atoms with E-state index in [1.165, 1.54) is 0 Å². The Morgan fingerprint density at radius 2 is 1.77 bits per heavy atom. The smallest absolute Gasteiger partial charge is 0.444 e. The zero-order valence-corrected chi connectivity index (χ0v) is 13.0. The summed E-state index contributed by atoms with van der Waals surface area (Å²) in [6, 6.07) is 0. The van der Waals surface area contributed by atoms with E-state index in [2.05, 4.69) is 4.18 Å². The molecule has 1 rings (SSSR count).